The van der Waals surface area contributed by atoms with E-state index >= 15 is 0 Å². The highest BCUT2D eigenvalue weighted by atomic mass is 32.2. The van der Waals surface area contributed by atoms with Gasteiger partial charge in [-0.05, 0) is 46.5 Å². The molecular weight excluding hydrogens is 348 g/mol. The lowest BCUT2D eigenvalue weighted by Gasteiger charge is -2.11. The largest absolute Gasteiger partial charge is 0.273 e. The van der Waals surface area contributed by atoms with Crippen LogP contribution in [0, 0.1) is 0 Å². The summed E-state index contributed by atoms with van der Waals surface area (Å²) in [4.78, 5) is 14.5. The van der Waals surface area contributed by atoms with Gasteiger partial charge < -0.3 is 0 Å². The zero-order chi connectivity index (χ0) is 18.7. The van der Waals surface area contributed by atoms with Gasteiger partial charge >= 0.3 is 0 Å². The van der Waals surface area contributed by atoms with E-state index in [-0.39, 0.29) is 10.8 Å². The molecule has 26 heavy (non-hydrogen) atoms. The number of fused-ring (bicyclic) bond motifs is 1. The molecule has 3 aromatic rings. The molecule has 0 aliphatic heterocycles. The Morgan fingerprint density at radius 2 is 1.62 bits per heavy atom. The van der Waals surface area contributed by atoms with Crippen molar-refractivity contribution >= 4 is 26.7 Å². The third-order valence-corrected chi connectivity index (χ3v) is 5.39. The second kappa shape index (κ2) is 7.27. The van der Waals surface area contributed by atoms with Crippen molar-refractivity contribution in [1.82, 2.24) is 10.3 Å². The maximum absolute atomic E-state index is 12.5. The number of hydrogen-bond donors (Lipinski definition) is 2. The molecule has 0 fully saturated rings. The first kappa shape index (κ1) is 18.1. The summed E-state index contributed by atoms with van der Waals surface area (Å²) in [6.45, 7) is 4.05. The third-order valence-electron chi connectivity index (χ3n) is 4.15. The van der Waals surface area contributed by atoms with Gasteiger partial charge in [0.05, 0.1) is 4.90 Å². The molecule has 6 heteroatoms. The van der Waals surface area contributed by atoms with Crippen LogP contribution in [-0.2, 0) is 10.0 Å². The SMILES string of the molecule is CC(C)c1cccc(C(=O)NNS(=O)(=O)c2ccc3ccccc3c2)c1. The molecule has 0 aliphatic rings. The topological polar surface area (TPSA) is 75.3 Å². The molecule has 0 bridgehead atoms. The van der Waals surface area contributed by atoms with Crippen molar-refractivity contribution in [3.8, 4) is 0 Å². The van der Waals surface area contributed by atoms with E-state index < -0.39 is 15.9 Å². The zero-order valence-electron chi connectivity index (χ0n) is 14.6. The highest BCUT2D eigenvalue weighted by Gasteiger charge is 2.16. The van der Waals surface area contributed by atoms with Crippen LogP contribution in [0.2, 0.25) is 0 Å². The summed E-state index contributed by atoms with van der Waals surface area (Å²) in [6.07, 6.45) is 0. The van der Waals surface area contributed by atoms with Gasteiger partial charge in [0.15, 0.2) is 0 Å². The Labute approximate surface area is 153 Å². The van der Waals surface area contributed by atoms with Crippen molar-refractivity contribution in [2.24, 2.45) is 0 Å². The fourth-order valence-corrected chi connectivity index (χ4v) is 3.49. The first-order valence-electron chi connectivity index (χ1n) is 8.28. The van der Waals surface area contributed by atoms with E-state index in [2.05, 4.69) is 10.3 Å². The highest BCUT2D eigenvalue weighted by molar-refractivity contribution is 7.89. The Morgan fingerprint density at radius 1 is 0.885 bits per heavy atom. The molecule has 2 N–H and O–H groups in total. The van der Waals surface area contributed by atoms with E-state index in [1.807, 2.05) is 44.2 Å². The number of hydrazine groups is 1. The summed E-state index contributed by atoms with van der Waals surface area (Å²) in [5.74, 6) is -0.228. The standard InChI is InChI=1S/C20H20N2O3S/c1-14(2)16-8-5-9-18(12-16)20(23)21-22-26(24,25)19-11-10-15-6-3-4-7-17(15)13-19/h3-14,22H,1-2H3,(H,21,23). The molecule has 3 rings (SSSR count). The number of sulfonamides is 1. The lowest BCUT2D eigenvalue weighted by atomic mass is 10.0. The molecule has 3 aromatic carbocycles. The summed E-state index contributed by atoms with van der Waals surface area (Å²) < 4.78 is 24.9. The second-order valence-electron chi connectivity index (χ2n) is 6.35. The van der Waals surface area contributed by atoms with Crippen LogP contribution in [0.1, 0.15) is 35.7 Å². The predicted octanol–water partition coefficient (Wildman–Crippen LogP) is 3.59. The molecule has 0 saturated carbocycles. The molecular formula is C20H20N2O3S. The summed E-state index contributed by atoms with van der Waals surface area (Å²) >= 11 is 0. The van der Waals surface area contributed by atoms with Crippen molar-refractivity contribution in [3.63, 3.8) is 0 Å². The second-order valence-corrected chi connectivity index (χ2v) is 8.03. The minimum atomic E-state index is -3.86. The van der Waals surface area contributed by atoms with Gasteiger partial charge in [-0.1, -0.05) is 56.3 Å². The number of amides is 1. The lowest BCUT2D eigenvalue weighted by molar-refractivity contribution is 0.0945. The summed E-state index contributed by atoms with van der Waals surface area (Å²) in [5.41, 5.74) is 3.68. The third kappa shape index (κ3) is 3.92. The normalized spacial score (nSPS) is 11.7. The van der Waals surface area contributed by atoms with Gasteiger partial charge in [-0.3, -0.25) is 10.2 Å². The van der Waals surface area contributed by atoms with E-state index in [1.165, 1.54) is 6.07 Å². The van der Waals surface area contributed by atoms with Crippen LogP contribution in [0.5, 0.6) is 0 Å². The quantitative estimate of drug-likeness (QED) is 0.676. The minimum absolute atomic E-state index is 0.0902. The molecule has 0 radical (unpaired) electrons. The van der Waals surface area contributed by atoms with Gasteiger partial charge in [0.1, 0.15) is 0 Å². The van der Waals surface area contributed by atoms with Gasteiger partial charge in [-0.2, -0.15) is 0 Å². The molecule has 0 aromatic heterocycles. The fraction of sp³-hybridized carbons (Fsp3) is 0.150. The van der Waals surface area contributed by atoms with Gasteiger partial charge in [-0.25, -0.2) is 8.42 Å². The van der Waals surface area contributed by atoms with Crippen LogP contribution in [0.15, 0.2) is 71.6 Å². The molecule has 0 unspecified atom stereocenters. The molecule has 5 nitrogen and oxygen atoms in total. The Balaban J connectivity index is 1.76. The Kier molecular flexibility index (Phi) is 5.06. The summed E-state index contributed by atoms with van der Waals surface area (Å²) in [7, 11) is -3.86. The zero-order valence-corrected chi connectivity index (χ0v) is 15.4. The average molecular weight is 368 g/mol. The lowest BCUT2D eigenvalue weighted by Crippen LogP contribution is -2.41. The Bertz CT molecular complexity index is 1060. The molecule has 0 atom stereocenters. The average Bonchev–Trinajstić information content (AvgIpc) is 2.65. The van der Waals surface area contributed by atoms with Crippen LogP contribution in [-0.4, -0.2) is 14.3 Å². The van der Waals surface area contributed by atoms with Gasteiger partial charge in [0.2, 0.25) is 0 Å². The smallest absolute Gasteiger partial charge is 0.266 e. The first-order valence-corrected chi connectivity index (χ1v) is 9.76. The number of carbonyl (C=O) groups is 1. The predicted molar refractivity (Wildman–Crippen MR) is 102 cm³/mol. The van der Waals surface area contributed by atoms with Crippen LogP contribution in [0.3, 0.4) is 0 Å². The van der Waals surface area contributed by atoms with Crippen molar-refractivity contribution in [2.75, 3.05) is 0 Å². The Hall–Kier alpha value is -2.70. The van der Waals surface area contributed by atoms with E-state index in [4.69, 9.17) is 0 Å². The van der Waals surface area contributed by atoms with E-state index in [9.17, 15) is 13.2 Å². The van der Waals surface area contributed by atoms with E-state index in [0.717, 1.165) is 16.3 Å². The number of carbonyl (C=O) groups excluding carboxylic acids is 1. The molecule has 0 spiro atoms. The maximum Gasteiger partial charge on any atom is 0.266 e. The molecule has 0 heterocycles. The van der Waals surface area contributed by atoms with E-state index in [1.54, 1.807) is 30.3 Å². The summed E-state index contributed by atoms with van der Waals surface area (Å²) in [5, 5.41) is 1.76. The van der Waals surface area contributed by atoms with Crippen LogP contribution >= 0.6 is 0 Å². The minimum Gasteiger partial charge on any atom is -0.273 e. The number of hydrogen-bond acceptors (Lipinski definition) is 3. The number of benzene rings is 3. The van der Waals surface area contributed by atoms with Crippen molar-refractivity contribution < 1.29 is 13.2 Å². The number of rotatable bonds is 5. The van der Waals surface area contributed by atoms with Gasteiger partial charge in [0.25, 0.3) is 15.9 Å². The van der Waals surface area contributed by atoms with Crippen molar-refractivity contribution in [1.29, 1.82) is 0 Å². The monoisotopic (exact) mass is 368 g/mol. The van der Waals surface area contributed by atoms with Crippen molar-refractivity contribution in [2.45, 2.75) is 24.7 Å². The molecule has 0 aliphatic carbocycles. The molecule has 134 valence electrons. The van der Waals surface area contributed by atoms with Gasteiger partial charge in [-0.15, -0.1) is 4.83 Å². The first-order chi connectivity index (χ1) is 12.4. The van der Waals surface area contributed by atoms with Crippen LogP contribution < -0.4 is 10.3 Å². The van der Waals surface area contributed by atoms with E-state index in [0.29, 0.717) is 5.56 Å². The summed E-state index contributed by atoms with van der Waals surface area (Å²) in [6, 6.07) is 19.4. The molecule has 1 amide bonds. The molecule has 0 saturated heterocycles. The highest BCUT2D eigenvalue weighted by Crippen LogP contribution is 2.19. The van der Waals surface area contributed by atoms with Crippen LogP contribution in [0.4, 0.5) is 0 Å². The van der Waals surface area contributed by atoms with Crippen LogP contribution in [0.25, 0.3) is 10.8 Å². The number of nitrogens with one attached hydrogen (secondary N) is 2. The maximum atomic E-state index is 12.5. The Morgan fingerprint density at radius 3 is 2.35 bits per heavy atom. The fourth-order valence-electron chi connectivity index (χ4n) is 2.62. The van der Waals surface area contributed by atoms with Gasteiger partial charge in [0, 0.05) is 5.56 Å². The van der Waals surface area contributed by atoms with Crippen molar-refractivity contribution in [3.05, 3.63) is 77.9 Å².